The molecule has 0 fully saturated rings. The lowest BCUT2D eigenvalue weighted by Gasteiger charge is -2.45. The Morgan fingerprint density at radius 2 is 0.775 bits per heavy atom. The summed E-state index contributed by atoms with van der Waals surface area (Å²) in [5, 5.41) is 13.9. The SMILES string of the molecule is [2H]c1c([2H])c([2H])c(-c2ccc3c(c2)N(c2c(-c4ccccc4)cc(C(C)(C)C)cc2-c2ccccc2)c2cc(-n4c5ccc(C(C)(C)C)cc5c5cc(C(C)(C)C)ccc54)cc4c2B3c2ccc(-c3cc(C(C)(C)C)cc(C(C)(C)C)c3)cc2N4c2cc(-n3c4c([2H])c([2H])c([2H])c([2H])c4c4c(-c5c([2H])c([2H])c([2H])c([2H])c5[2H])c([2H])c([2H])c([2H])c43)ccc2C#N)c([2H])c1[2H]. The van der Waals surface area contributed by atoms with Gasteiger partial charge in [-0.25, -0.2) is 0 Å². The average molecular weight is 1450 g/mol. The van der Waals surface area contributed by atoms with E-state index in [2.05, 4.69) is 246 Å². The zero-order valence-electron chi connectivity index (χ0n) is 82.3. The quantitative estimate of drug-likeness (QED) is 0.135. The van der Waals surface area contributed by atoms with Gasteiger partial charge in [0.15, 0.2) is 0 Å². The summed E-state index contributed by atoms with van der Waals surface area (Å²) >= 11 is 0. The first-order chi connectivity index (χ1) is 60.2. The molecule has 0 unspecified atom stereocenters. The standard InChI is InChI=1S/C105H94BN5/c1-101(2,3)74-46-51-90-85(58-74)86-59-75(102(4,5)6)47-52-91(86)109(90)80-63-96-99-97(64-80)111(100-83(68-35-24-18-25-36-68)60-78(105(13,14)15)61-84(100)69-37-26-19-27-38-69)95-55-70(66-31-20-16-21-32-66)44-49-88(95)106(99)87-50-45-71(73-53-76(103(7,8)9)57-77(54-73)104(10,11)12)56-94(87)110(96)93-62-79(48-43-72(93)65-107)108-89-41-29-28-39-82(89)98-81(40-30-42-92(98)108)67-33-22-17-23-34-67/h16-64H,1-15H3/i16D,17D,20D,21D,22D,23D,28D,29D,30D,31D,32D,33D,34D,39D,40D,41D,42D. The third-order valence-corrected chi connectivity index (χ3v) is 22.5. The molecule has 2 aliphatic rings. The fourth-order valence-electron chi connectivity index (χ4n) is 16.5. The largest absolute Gasteiger partial charge is 0.310 e. The number of nitrogens with zero attached hydrogens (tertiary/aromatic N) is 5. The van der Waals surface area contributed by atoms with Gasteiger partial charge < -0.3 is 18.9 Å². The number of benzene rings is 14. The van der Waals surface area contributed by atoms with Crippen LogP contribution in [0.3, 0.4) is 0 Å². The summed E-state index contributed by atoms with van der Waals surface area (Å²) in [7, 11) is 0. The Morgan fingerprint density at radius 1 is 0.306 bits per heavy atom. The molecule has 111 heavy (non-hydrogen) atoms. The normalized spacial score (nSPS) is 15.3. The molecule has 0 atom stereocenters. The maximum atomic E-state index is 12.4. The van der Waals surface area contributed by atoms with Crippen molar-refractivity contribution >= 4 is 101 Å². The number of hydrogen-bond acceptors (Lipinski definition) is 3. The molecule has 0 spiro atoms. The van der Waals surface area contributed by atoms with Crippen LogP contribution in [0.2, 0.25) is 0 Å². The minimum Gasteiger partial charge on any atom is -0.310 e. The second-order valence-corrected chi connectivity index (χ2v) is 34.9. The minimum atomic E-state index is -0.765. The first-order valence-corrected chi connectivity index (χ1v) is 38.1. The molecule has 0 aliphatic carbocycles. The first kappa shape index (κ1) is 53.6. The Kier molecular flexibility index (Phi) is 12.6. The average Bonchev–Trinajstić information content (AvgIpc) is 0.970. The van der Waals surface area contributed by atoms with Gasteiger partial charge in [0, 0.05) is 61.1 Å². The second kappa shape index (κ2) is 26.0. The lowest BCUT2D eigenvalue weighted by atomic mass is 9.33. The van der Waals surface area contributed by atoms with E-state index in [0.29, 0.717) is 34.0 Å². The van der Waals surface area contributed by atoms with E-state index in [9.17, 15) is 23.1 Å². The molecule has 0 amide bonds. The molecule has 5 nitrogen and oxygen atoms in total. The van der Waals surface area contributed by atoms with Crippen molar-refractivity contribution in [1.82, 2.24) is 9.13 Å². The Hall–Kier alpha value is -12.2. The molecule has 18 rings (SSSR count). The van der Waals surface area contributed by atoms with Crippen LogP contribution >= 0.6 is 0 Å². The van der Waals surface area contributed by atoms with E-state index in [4.69, 9.17) is 5.48 Å². The fraction of sp³-hybridized carbons (Fsp3) is 0.190. The summed E-state index contributed by atoms with van der Waals surface area (Å²) in [5.74, 6) is 0. The molecule has 0 saturated heterocycles. The zero-order chi connectivity index (χ0) is 91.7. The van der Waals surface area contributed by atoms with Crippen molar-refractivity contribution in [2.45, 2.75) is 131 Å². The predicted molar refractivity (Wildman–Crippen MR) is 475 cm³/mol. The van der Waals surface area contributed by atoms with Crippen LogP contribution in [0.4, 0.5) is 34.1 Å². The van der Waals surface area contributed by atoms with E-state index in [1.54, 1.807) is 18.2 Å². The van der Waals surface area contributed by atoms with Crippen molar-refractivity contribution in [3.05, 3.63) is 330 Å². The molecule has 0 N–H and O–H groups in total. The van der Waals surface area contributed by atoms with Crippen LogP contribution in [0.15, 0.2) is 297 Å². The Labute approximate surface area is 679 Å². The fourth-order valence-corrected chi connectivity index (χ4v) is 16.5. The Balaban J connectivity index is 1.08. The van der Waals surface area contributed by atoms with Crippen molar-refractivity contribution in [3.8, 4) is 73.1 Å². The summed E-state index contributed by atoms with van der Waals surface area (Å²) in [6.45, 7) is 32.2. The van der Waals surface area contributed by atoms with Crippen molar-refractivity contribution in [2.75, 3.05) is 9.80 Å². The highest BCUT2D eigenvalue weighted by Crippen LogP contribution is 2.55. The lowest BCUT2D eigenvalue weighted by Crippen LogP contribution is -2.61. The third kappa shape index (κ3) is 12.0. The van der Waals surface area contributed by atoms with Gasteiger partial charge in [0.25, 0.3) is 6.71 Å². The van der Waals surface area contributed by atoms with E-state index >= 15 is 0 Å². The van der Waals surface area contributed by atoms with E-state index in [-0.39, 0.29) is 78.1 Å². The molecule has 14 aromatic carbocycles. The Morgan fingerprint density at radius 3 is 1.32 bits per heavy atom. The van der Waals surface area contributed by atoms with Crippen LogP contribution in [-0.4, -0.2) is 15.8 Å². The molecule has 0 radical (unpaired) electrons. The van der Waals surface area contributed by atoms with E-state index in [1.165, 1.54) is 4.57 Å². The summed E-state index contributed by atoms with van der Waals surface area (Å²) in [4.78, 5) is 4.40. The third-order valence-electron chi connectivity index (χ3n) is 22.5. The van der Waals surface area contributed by atoms with Crippen LogP contribution in [0, 0.1) is 11.3 Å². The predicted octanol–water partition coefficient (Wildman–Crippen LogP) is 26.7. The van der Waals surface area contributed by atoms with Crippen LogP contribution in [0.5, 0.6) is 0 Å². The van der Waals surface area contributed by atoms with Gasteiger partial charge in [0.1, 0.15) is 6.07 Å². The van der Waals surface area contributed by atoms with Gasteiger partial charge in [-0.15, -0.1) is 0 Å². The summed E-state index contributed by atoms with van der Waals surface area (Å²) in [6, 6.07) is 58.6. The van der Waals surface area contributed by atoms with Gasteiger partial charge in [-0.2, -0.15) is 5.26 Å². The van der Waals surface area contributed by atoms with Crippen molar-refractivity contribution in [3.63, 3.8) is 0 Å². The second-order valence-electron chi connectivity index (χ2n) is 34.9. The zero-order valence-corrected chi connectivity index (χ0v) is 65.3. The summed E-state index contributed by atoms with van der Waals surface area (Å²) in [5.41, 5.74) is 16.0. The number of fused-ring (bicyclic) bond motifs is 10. The van der Waals surface area contributed by atoms with Crippen LogP contribution in [-0.2, 0) is 27.1 Å². The van der Waals surface area contributed by atoms with Crippen LogP contribution in [0.25, 0.3) is 111 Å². The molecule has 16 aromatic rings. The molecule has 6 heteroatoms. The highest BCUT2D eigenvalue weighted by atomic mass is 15.2. The highest BCUT2D eigenvalue weighted by Gasteiger charge is 2.46. The molecule has 2 aromatic heterocycles. The van der Waals surface area contributed by atoms with E-state index < -0.39 is 114 Å². The molecule has 0 saturated carbocycles. The van der Waals surface area contributed by atoms with E-state index in [0.717, 1.165) is 105 Å². The maximum Gasteiger partial charge on any atom is 0.252 e. The number of para-hydroxylation sites is 1. The van der Waals surface area contributed by atoms with Gasteiger partial charge in [-0.05, 0) is 207 Å². The number of nitriles is 1. The van der Waals surface area contributed by atoms with Crippen LogP contribution in [0.1, 0.15) is 161 Å². The van der Waals surface area contributed by atoms with Gasteiger partial charge in [0.05, 0.1) is 68.0 Å². The maximum absolute atomic E-state index is 12.4. The van der Waals surface area contributed by atoms with Crippen molar-refractivity contribution in [1.29, 1.82) is 5.26 Å². The minimum absolute atomic E-state index is 0.000189. The smallest absolute Gasteiger partial charge is 0.252 e. The Bertz CT molecular complexity index is 7360. The van der Waals surface area contributed by atoms with Crippen molar-refractivity contribution < 1.29 is 23.3 Å². The topological polar surface area (TPSA) is 40.1 Å². The number of aromatic nitrogens is 2. The van der Waals surface area contributed by atoms with Gasteiger partial charge in [-0.3, -0.25) is 0 Å². The number of hydrogen-bond donors (Lipinski definition) is 0. The van der Waals surface area contributed by atoms with Crippen molar-refractivity contribution in [2.24, 2.45) is 0 Å². The molecule has 542 valence electrons. The summed E-state index contributed by atoms with van der Waals surface area (Å²) < 4.78 is 165. The lowest BCUT2D eigenvalue weighted by molar-refractivity contribution is 0.569. The molecule has 0 bridgehead atoms. The highest BCUT2D eigenvalue weighted by molar-refractivity contribution is 7.00. The molecule has 2 aliphatic heterocycles. The molecular weight excluding hydrogens is 1340 g/mol. The summed E-state index contributed by atoms with van der Waals surface area (Å²) in [6.07, 6.45) is 0. The molecular formula is C105H94BN5. The van der Waals surface area contributed by atoms with Gasteiger partial charge in [0.2, 0.25) is 0 Å². The van der Waals surface area contributed by atoms with Gasteiger partial charge in [-0.1, -0.05) is 310 Å². The number of anilines is 6. The van der Waals surface area contributed by atoms with Crippen LogP contribution < -0.4 is 26.2 Å². The first-order valence-electron chi connectivity index (χ1n) is 46.6. The molecule has 4 heterocycles. The monoisotopic (exact) mass is 1450 g/mol. The number of rotatable bonds is 9. The van der Waals surface area contributed by atoms with Gasteiger partial charge >= 0.3 is 0 Å². The van der Waals surface area contributed by atoms with E-state index in [1.807, 2.05) is 54.6 Å².